The third kappa shape index (κ3) is 5.81. The van der Waals surface area contributed by atoms with Crippen LogP contribution >= 0.6 is 0 Å². The highest BCUT2D eigenvalue weighted by molar-refractivity contribution is 5.92. The summed E-state index contributed by atoms with van der Waals surface area (Å²) in [5.41, 5.74) is 0.761. The number of carbonyl (C=O) groups excluding carboxylic acids is 1. The summed E-state index contributed by atoms with van der Waals surface area (Å²) >= 11 is 0. The number of unbranched alkanes of at least 4 members (excludes halogenated alkanes) is 1. The number of nitrogens with zero attached hydrogens (tertiary/aromatic N) is 1. The molecule has 26 heavy (non-hydrogen) atoms. The number of pyridine rings is 1. The van der Waals surface area contributed by atoms with Gasteiger partial charge in [0, 0.05) is 37.0 Å². The average Bonchev–Trinajstić information content (AvgIpc) is 2.67. The van der Waals surface area contributed by atoms with Gasteiger partial charge in [-0.05, 0) is 43.2 Å². The summed E-state index contributed by atoms with van der Waals surface area (Å²) in [5, 5.41) is 2.83. The van der Waals surface area contributed by atoms with Gasteiger partial charge in [0.1, 0.15) is 11.5 Å². The number of amides is 1. The smallest absolute Gasteiger partial charge is 0.250 e. The molecule has 1 N–H and O–H groups in total. The highest BCUT2D eigenvalue weighted by Crippen LogP contribution is 2.24. The normalized spacial score (nSPS) is 10.7. The maximum atomic E-state index is 11.9. The minimum absolute atomic E-state index is 0.00768. The van der Waals surface area contributed by atoms with E-state index in [1.807, 2.05) is 6.07 Å². The monoisotopic (exact) mass is 356 g/mol. The summed E-state index contributed by atoms with van der Waals surface area (Å²) in [5.74, 6) is 1.19. The maximum Gasteiger partial charge on any atom is 0.250 e. The topological polar surface area (TPSA) is 69.6 Å². The zero-order chi connectivity index (χ0) is 18.8. The van der Waals surface area contributed by atoms with E-state index in [0.717, 1.165) is 18.4 Å². The highest BCUT2D eigenvalue weighted by atomic mass is 16.5. The molecule has 0 atom stereocenters. The molecule has 1 aromatic heterocycles. The fraction of sp³-hybridized carbons (Fsp3) is 0.300. The Morgan fingerprint density at radius 2 is 2.00 bits per heavy atom. The highest BCUT2D eigenvalue weighted by Gasteiger charge is 2.03. The Morgan fingerprint density at radius 1 is 1.15 bits per heavy atom. The molecule has 1 heterocycles. The number of methoxy groups -OCH3 is 2. The Kier molecular flexibility index (Phi) is 7.49. The summed E-state index contributed by atoms with van der Waals surface area (Å²) < 4.78 is 12.1. The zero-order valence-electron chi connectivity index (χ0n) is 15.1. The van der Waals surface area contributed by atoms with Crippen LogP contribution < -0.4 is 20.3 Å². The van der Waals surface area contributed by atoms with Gasteiger partial charge in [0.15, 0.2) is 0 Å². The summed E-state index contributed by atoms with van der Waals surface area (Å²) in [4.78, 5) is 23.5. The van der Waals surface area contributed by atoms with Crippen LogP contribution in [0.2, 0.25) is 0 Å². The van der Waals surface area contributed by atoms with Gasteiger partial charge in [-0.2, -0.15) is 0 Å². The van der Waals surface area contributed by atoms with Crippen LogP contribution in [0, 0.1) is 0 Å². The number of nitrogens with one attached hydrogen (secondary N) is 1. The van der Waals surface area contributed by atoms with Crippen molar-refractivity contribution in [1.29, 1.82) is 0 Å². The lowest BCUT2D eigenvalue weighted by Gasteiger charge is -2.07. The molecule has 2 rings (SSSR count). The molecule has 0 aliphatic carbocycles. The first-order valence-electron chi connectivity index (χ1n) is 8.47. The first-order chi connectivity index (χ1) is 12.6. The van der Waals surface area contributed by atoms with Gasteiger partial charge in [0.05, 0.1) is 14.2 Å². The number of carbonyl (C=O) groups is 1. The van der Waals surface area contributed by atoms with E-state index in [1.54, 1.807) is 61.4 Å². The van der Waals surface area contributed by atoms with Crippen LogP contribution in [0.1, 0.15) is 18.4 Å². The van der Waals surface area contributed by atoms with Gasteiger partial charge in [-0.3, -0.25) is 9.59 Å². The van der Waals surface area contributed by atoms with Crippen molar-refractivity contribution in [2.45, 2.75) is 19.4 Å². The third-order valence-corrected chi connectivity index (χ3v) is 3.88. The molecule has 138 valence electrons. The van der Waals surface area contributed by atoms with Gasteiger partial charge in [-0.1, -0.05) is 6.07 Å². The molecule has 6 heteroatoms. The van der Waals surface area contributed by atoms with Crippen molar-refractivity contribution in [2.24, 2.45) is 0 Å². The molecule has 0 spiro atoms. The molecule has 6 nitrogen and oxygen atoms in total. The van der Waals surface area contributed by atoms with Crippen LogP contribution in [-0.4, -0.2) is 31.2 Å². The fourth-order valence-electron chi connectivity index (χ4n) is 2.46. The van der Waals surface area contributed by atoms with E-state index in [2.05, 4.69) is 5.32 Å². The molecular formula is C20H24N2O4. The second-order valence-corrected chi connectivity index (χ2v) is 5.67. The largest absolute Gasteiger partial charge is 0.497 e. The molecule has 0 saturated carbocycles. The summed E-state index contributed by atoms with van der Waals surface area (Å²) in [7, 11) is 3.17. The van der Waals surface area contributed by atoms with Gasteiger partial charge < -0.3 is 19.4 Å². The summed E-state index contributed by atoms with van der Waals surface area (Å²) in [6, 6.07) is 10.5. The van der Waals surface area contributed by atoms with E-state index in [0.29, 0.717) is 24.6 Å². The van der Waals surface area contributed by atoms with E-state index in [9.17, 15) is 9.59 Å². The molecule has 1 aromatic carbocycles. The van der Waals surface area contributed by atoms with Crippen molar-refractivity contribution in [3.05, 3.63) is 64.6 Å². The SMILES string of the molecule is COc1ccc(OC)c(C=CC(=O)NCCCCn2ccccc2=O)c1. The Balaban J connectivity index is 1.77. The first-order valence-corrected chi connectivity index (χ1v) is 8.47. The quantitative estimate of drug-likeness (QED) is 0.554. The maximum absolute atomic E-state index is 11.9. The van der Waals surface area contributed by atoms with Gasteiger partial charge in [0.25, 0.3) is 0 Å². The van der Waals surface area contributed by atoms with Crippen LogP contribution in [0.3, 0.4) is 0 Å². The van der Waals surface area contributed by atoms with E-state index in [1.165, 1.54) is 6.08 Å². The second-order valence-electron chi connectivity index (χ2n) is 5.67. The van der Waals surface area contributed by atoms with Crippen LogP contribution in [0.25, 0.3) is 6.08 Å². The molecule has 0 unspecified atom stereocenters. The average molecular weight is 356 g/mol. The van der Waals surface area contributed by atoms with Crippen LogP contribution in [0.4, 0.5) is 0 Å². The van der Waals surface area contributed by atoms with E-state index >= 15 is 0 Å². The van der Waals surface area contributed by atoms with Gasteiger partial charge in [-0.15, -0.1) is 0 Å². The Hall–Kier alpha value is -3.02. The number of rotatable bonds is 9. The molecule has 1 amide bonds. The van der Waals surface area contributed by atoms with Crippen molar-refractivity contribution in [3.63, 3.8) is 0 Å². The molecule has 2 aromatic rings. The first kappa shape index (κ1) is 19.3. The Bertz CT molecular complexity index is 811. The van der Waals surface area contributed by atoms with Crippen molar-refractivity contribution in [1.82, 2.24) is 9.88 Å². The second kappa shape index (κ2) is 10.1. The lowest BCUT2D eigenvalue weighted by molar-refractivity contribution is -0.116. The summed E-state index contributed by atoms with van der Waals surface area (Å²) in [6.45, 7) is 1.20. The number of hydrogen-bond donors (Lipinski definition) is 1. The predicted molar refractivity (Wildman–Crippen MR) is 102 cm³/mol. The lowest BCUT2D eigenvalue weighted by Crippen LogP contribution is -2.23. The third-order valence-electron chi connectivity index (χ3n) is 3.88. The van der Waals surface area contributed by atoms with Crippen LogP contribution in [0.15, 0.2) is 53.5 Å². The Labute approximate surface area is 153 Å². The number of aromatic nitrogens is 1. The number of benzene rings is 1. The molecule has 0 fully saturated rings. The van der Waals surface area contributed by atoms with Gasteiger partial charge in [-0.25, -0.2) is 0 Å². The Morgan fingerprint density at radius 3 is 2.73 bits per heavy atom. The molecular weight excluding hydrogens is 332 g/mol. The van der Waals surface area contributed by atoms with Crippen molar-refractivity contribution < 1.29 is 14.3 Å². The molecule has 0 saturated heterocycles. The van der Waals surface area contributed by atoms with Crippen molar-refractivity contribution in [2.75, 3.05) is 20.8 Å². The molecule has 0 bridgehead atoms. The van der Waals surface area contributed by atoms with Gasteiger partial charge in [0.2, 0.25) is 11.5 Å². The number of aryl methyl sites for hydroxylation is 1. The standard InChI is InChI=1S/C20H24N2O4/c1-25-17-9-10-18(26-2)16(15-17)8-11-19(23)21-12-4-6-14-22-13-5-3-7-20(22)24/h3,5,7-11,13,15H,4,6,12,14H2,1-2H3,(H,21,23). The van der Waals surface area contributed by atoms with E-state index in [-0.39, 0.29) is 11.5 Å². The van der Waals surface area contributed by atoms with Gasteiger partial charge >= 0.3 is 0 Å². The number of hydrogen-bond acceptors (Lipinski definition) is 4. The van der Waals surface area contributed by atoms with Crippen molar-refractivity contribution >= 4 is 12.0 Å². The van der Waals surface area contributed by atoms with Crippen molar-refractivity contribution in [3.8, 4) is 11.5 Å². The predicted octanol–water partition coefficient (Wildman–Crippen LogP) is 2.48. The number of ether oxygens (including phenoxy) is 2. The lowest BCUT2D eigenvalue weighted by atomic mass is 10.1. The minimum atomic E-state index is -0.174. The van der Waals surface area contributed by atoms with Crippen LogP contribution in [-0.2, 0) is 11.3 Å². The molecule has 0 radical (unpaired) electrons. The fourth-order valence-corrected chi connectivity index (χ4v) is 2.46. The van der Waals surface area contributed by atoms with E-state index < -0.39 is 0 Å². The molecule has 0 aliphatic heterocycles. The van der Waals surface area contributed by atoms with E-state index in [4.69, 9.17) is 9.47 Å². The molecule has 0 aliphatic rings. The minimum Gasteiger partial charge on any atom is -0.497 e. The van der Waals surface area contributed by atoms with Crippen LogP contribution in [0.5, 0.6) is 11.5 Å². The zero-order valence-corrected chi connectivity index (χ0v) is 15.1. The summed E-state index contributed by atoms with van der Waals surface area (Å²) in [6.07, 6.45) is 6.55.